The molecule has 1 saturated carbocycles. The minimum Gasteiger partial charge on any atom is -0.390 e. The van der Waals surface area contributed by atoms with E-state index in [-0.39, 0.29) is 12.5 Å². The number of pyridine rings is 1. The summed E-state index contributed by atoms with van der Waals surface area (Å²) in [5.74, 6) is -0.210. The Labute approximate surface area is 141 Å². The van der Waals surface area contributed by atoms with E-state index in [9.17, 15) is 9.90 Å². The number of aromatic nitrogens is 1. The van der Waals surface area contributed by atoms with Gasteiger partial charge >= 0.3 is 0 Å². The lowest BCUT2D eigenvalue weighted by molar-refractivity contribution is -0.120. The van der Waals surface area contributed by atoms with Crippen molar-refractivity contribution in [1.29, 1.82) is 0 Å². The molecule has 24 heavy (non-hydrogen) atoms. The number of hydrogen-bond acceptors (Lipinski definition) is 5. The summed E-state index contributed by atoms with van der Waals surface area (Å²) in [6.07, 6.45) is 4.07. The lowest BCUT2D eigenvalue weighted by Gasteiger charge is -2.16. The van der Waals surface area contributed by atoms with Crippen molar-refractivity contribution in [3.8, 4) is 0 Å². The van der Waals surface area contributed by atoms with Crippen LogP contribution < -0.4 is 10.6 Å². The molecule has 1 heterocycles. The molecule has 0 aliphatic heterocycles. The number of benzene rings is 1. The van der Waals surface area contributed by atoms with Crippen LogP contribution >= 0.6 is 0 Å². The summed E-state index contributed by atoms with van der Waals surface area (Å²) >= 11 is 0. The molecule has 3 N–H and O–H groups in total. The topological polar surface area (TPSA) is 83.5 Å². The largest absolute Gasteiger partial charge is 0.390 e. The van der Waals surface area contributed by atoms with Crippen molar-refractivity contribution in [3.63, 3.8) is 0 Å². The number of carbonyl (C=O) groups excluding carboxylic acids is 1. The second-order valence-electron chi connectivity index (χ2n) is 6.15. The second kappa shape index (κ2) is 7.15. The standard InChI is InChI=1S/C18H23N3O3/c1-2-24-12-16(22)21-15-11-20-14-6-4-3-5-13(14)17(15)19-10-9-18(23)7-8-18/h3-6,11,23H,2,7-10,12H2,1H3,(H,19,20)(H,21,22). The summed E-state index contributed by atoms with van der Waals surface area (Å²) in [6.45, 7) is 2.99. The lowest BCUT2D eigenvalue weighted by atomic mass is 10.1. The summed E-state index contributed by atoms with van der Waals surface area (Å²) in [6, 6.07) is 7.77. The fraction of sp³-hybridized carbons (Fsp3) is 0.444. The predicted molar refractivity (Wildman–Crippen MR) is 94.2 cm³/mol. The molecule has 1 amide bonds. The molecule has 6 nitrogen and oxygen atoms in total. The maximum atomic E-state index is 12.0. The van der Waals surface area contributed by atoms with Gasteiger partial charge in [0.1, 0.15) is 6.61 Å². The van der Waals surface area contributed by atoms with E-state index < -0.39 is 5.60 Å². The van der Waals surface area contributed by atoms with Gasteiger partial charge in [-0.3, -0.25) is 9.78 Å². The number of amides is 1. The van der Waals surface area contributed by atoms with Gasteiger partial charge in [-0.15, -0.1) is 0 Å². The Kier molecular flexibility index (Phi) is 4.97. The number of fused-ring (bicyclic) bond motifs is 1. The van der Waals surface area contributed by atoms with Gasteiger partial charge in [-0.1, -0.05) is 18.2 Å². The Hall–Kier alpha value is -2.18. The quantitative estimate of drug-likeness (QED) is 0.693. The second-order valence-corrected chi connectivity index (χ2v) is 6.15. The molecule has 0 saturated heterocycles. The molecule has 0 bridgehead atoms. The molecule has 1 aliphatic rings. The van der Waals surface area contributed by atoms with Gasteiger partial charge < -0.3 is 20.5 Å². The van der Waals surface area contributed by atoms with Crippen molar-refractivity contribution in [1.82, 2.24) is 4.98 Å². The minimum absolute atomic E-state index is 0.0164. The van der Waals surface area contributed by atoms with Crippen LogP contribution in [-0.2, 0) is 9.53 Å². The average Bonchev–Trinajstić information content (AvgIpc) is 3.32. The first-order valence-electron chi connectivity index (χ1n) is 8.33. The number of aliphatic hydroxyl groups is 1. The highest BCUT2D eigenvalue weighted by Gasteiger charge is 2.39. The summed E-state index contributed by atoms with van der Waals surface area (Å²) in [5, 5.41) is 17.1. The highest BCUT2D eigenvalue weighted by Crippen LogP contribution is 2.38. The van der Waals surface area contributed by atoms with E-state index >= 15 is 0 Å². The minimum atomic E-state index is -0.506. The van der Waals surface area contributed by atoms with E-state index in [1.54, 1.807) is 6.20 Å². The van der Waals surface area contributed by atoms with E-state index in [1.807, 2.05) is 31.2 Å². The Morgan fingerprint density at radius 3 is 2.92 bits per heavy atom. The van der Waals surface area contributed by atoms with Gasteiger partial charge in [-0.25, -0.2) is 0 Å². The number of para-hydroxylation sites is 1. The van der Waals surface area contributed by atoms with Crippen LogP contribution in [0.3, 0.4) is 0 Å². The van der Waals surface area contributed by atoms with Crippen LogP contribution in [0.25, 0.3) is 10.9 Å². The zero-order chi connectivity index (χ0) is 17.0. The highest BCUT2D eigenvalue weighted by atomic mass is 16.5. The molecule has 1 aromatic carbocycles. The van der Waals surface area contributed by atoms with Crippen LogP contribution in [0.1, 0.15) is 26.2 Å². The third-order valence-corrected chi connectivity index (χ3v) is 4.21. The Balaban J connectivity index is 1.80. The zero-order valence-corrected chi connectivity index (χ0v) is 13.8. The van der Waals surface area contributed by atoms with E-state index in [0.717, 1.165) is 29.4 Å². The fourth-order valence-electron chi connectivity index (χ4n) is 2.62. The molecule has 1 aromatic heterocycles. The van der Waals surface area contributed by atoms with Crippen LogP contribution in [0.4, 0.5) is 11.4 Å². The van der Waals surface area contributed by atoms with Crippen LogP contribution in [0, 0.1) is 0 Å². The van der Waals surface area contributed by atoms with Crippen molar-refractivity contribution < 1.29 is 14.6 Å². The molecule has 3 rings (SSSR count). The number of hydrogen-bond donors (Lipinski definition) is 3. The van der Waals surface area contributed by atoms with Gasteiger partial charge in [0.15, 0.2) is 0 Å². The van der Waals surface area contributed by atoms with Crippen LogP contribution in [-0.4, -0.2) is 41.4 Å². The molecule has 1 fully saturated rings. The zero-order valence-electron chi connectivity index (χ0n) is 13.8. The Bertz CT molecular complexity index is 729. The molecule has 0 spiro atoms. The molecular formula is C18H23N3O3. The van der Waals surface area contributed by atoms with Crippen molar-refractivity contribution >= 4 is 28.2 Å². The number of ether oxygens (including phenoxy) is 1. The van der Waals surface area contributed by atoms with Crippen LogP contribution in [0.2, 0.25) is 0 Å². The van der Waals surface area contributed by atoms with Gasteiger partial charge in [-0.05, 0) is 32.3 Å². The van der Waals surface area contributed by atoms with Crippen LogP contribution in [0.5, 0.6) is 0 Å². The molecule has 0 unspecified atom stereocenters. The monoisotopic (exact) mass is 329 g/mol. The summed E-state index contributed by atoms with van der Waals surface area (Å²) in [5.41, 5.74) is 1.80. The summed E-state index contributed by atoms with van der Waals surface area (Å²) < 4.78 is 5.14. The van der Waals surface area contributed by atoms with Gasteiger partial charge in [0.05, 0.1) is 28.7 Å². The third kappa shape index (κ3) is 4.01. The number of rotatable bonds is 8. The average molecular weight is 329 g/mol. The summed E-state index contributed by atoms with van der Waals surface area (Å²) in [7, 11) is 0. The first kappa shape index (κ1) is 16.7. The summed E-state index contributed by atoms with van der Waals surface area (Å²) in [4.78, 5) is 16.4. The molecule has 0 radical (unpaired) electrons. The number of carbonyl (C=O) groups is 1. The molecule has 128 valence electrons. The van der Waals surface area contributed by atoms with E-state index in [1.165, 1.54) is 0 Å². The first-order chi connectivity index (χ1) is 11.6. The van der Waals surface area contributed by atoms with E-state index in [4.69, 9.17) is 4.74 Å². The number of anilines is 2. The fourth-order valence-corrected chi connectivity index (χ4v) is 2.62. The highest BCUT2D eigenvalue weighted by molar-refractivity contribution is 6.03. The number of nitrogens with zero attached hydrogens (tertiary/aromatic N) is 1. The van der Waals surface area contributed by atoms with E-state index in [0.29, 0.717) is 25.3 Å². The molecule has 0 atom stereocenters. The van der Waals surface area contributed by atoms with Crippen molar-refractivity contribution in [2.75, 3.05) is 30.4 Å². The van der Waals surface area contributed by atoms with Gasteiger partial charge in [-0.2, -0.15) is 0 Å². The maximum absolute atomic E-state index is 12.0. The predicted octanol–water partition coefficient (Wildman–Crippen LogP) is 2.54. The first-order valence-corrected chi connectivity index (χ1v) is 8.33. The maximum Gasteiger partial charge on any atom is 0.250 e. The smallest absolute Gasteiger partial charge is 0.250 e. The Morgan fingerprint density at radius 2 is 2.17 bits per heavy atom. The molecular weight excluding hydrogens is 306 g/mol. The SMILES string of the molecule is CCOCC(=O)Nc1cnc2ccccc2c1NCCC1(O)CC1. The van der Waals surface area contributed by atoms with Crippen molar-refractivity contribution in [3.05, 3.63) is 30.5 Å². The van der Waals surface area contributed by atoms with Crippen molar-refractivity contribution in [2.45, 2.75) is 31.8 Å². The Morgan fingerprint density at radius 1 is 1.38 bits per heavy atom. The van der Waals surface area contributed by atoms with Gasteiger partial charge in [0.25, 0.3) is 0 Å². The van der Waals surface area contributed by atoms with Crippen molar-refractivity contribution in [2.24, 2.45) is 0 Å². The van der Waals surface area contributed by atoms with Gasteiger partial charge in [0, 0.05) is 18.5 Å². The normalized spacial score (nSPS) is 15.2. The molecule has 1 aliphatic carbocycles. The van der Waals surface area contributed by atoms with Gasteiger partial charge in [0.2, 0.25) is 5.91 Å². The molecule has 6 heteroatoms. The third-order valence-electron chi connectivity index (χ3n) is 4.21. The number of nitrogens with one attached hydrogen (secondary N) is 2. The van der Waals surface area contributed by atoms with E-state index in [2.05, 4.69) is 15.6 Å². The lowest BCUT2D eigenvalue weighted by Crippen LogP contribution is -2.20. The molecule has 2 aromatic rings. The van der Waals surface area contributed by atoms with Crippen LogP contribution in [0.15, 0.2) is 30.5 Å².